The smallest absolute Gasteiger partial charge is 0.242 e. The van der Waals surface area contributed by atoms with Gasteiger partial charge in [-0.1, -0.05) is 6.42 Å². The molecule has 0 aliphatic heterocycles. The zero-order valence-electron chi connectivity index (χ0n) is 15.3. The van der Waals surface area contributed by atoms with E-state index in [1.54, 1.807) is 12.1 Å². The van der Waals surface area contributed by atoms with E-state index in [0.717, 1.165) is 29.3 Å². The molecular formula is C17H28N4O3S. The SMILES string of the molecule is CN(C)c1ccc(S(=O)(=O)N(C)C)cc1NC(=O)C[C@@H]1CCC[C@H]1N. The number of amides is 1. The Morgan fingerprint density at radius 2 is 1.92 bits per heavy atom. The molecule has 7 nitrogen and oxygen atoms in total. The molecule has 1 aliphatic rings. The summed E-state index contributed by atoms with van der Waals surface area (Å²) in [6.45, 7) is 0. The molecule has 0 radical (unpaired) electrons. The van der Waals surface area contributed by atoms with E-state index in [-0.39, 0.29) is 22.8 Å². The molecule has 2 rings (SSSR count). The molecule has 8 heteroatoms. The minimum absolute atomic E-state index is 0.0690. The third-order valence-electron chi connectivity index (χ3n) is 4.67. The molecule has 0 heterocycles. The van der Waals surface area contributed by atoms with Gasteiger partial charge in [0.05, 0.1) is 16.3 Å². The van der Waals surface area contributed by atoms with Crippen molar-refractivity contribution in [3.63, 3.8) is 0 Å². The fraction of sp³-hybridized carbons (Fsp3) is 0.588. The van der Waals surface area contributed by atoms with Gasteiger partial charge in [-0.15, -0.1) is 0 Å². The van der Waals surface area contributed by atoms with Crippen molar-refractivity contribution in [2.24, 2.45) is 11.7 Å². The fourth-order valence-corrected chi connectivity index (χ4v) is 4.06. The molecule has 0 unspecified atom stereocenters. The number of nitrogens with one attached hydrogen (secondary N) is 1. The van der Waals surface area contributed by atoms with Crippen LogP contribution in [0.2, 0.25) is 0 Å². The lowest BCUT2D eigenvalue weighted by molar-refractivity contribution is -0.117. The van der Waals surface area contributed by atoms with Crippen LogP contribution in [-0.4, -0.2) is 52.9 Å². The highest BCUT2D eigenvalue weighted by Crippen LogP contribution is 2.30. The molecule has 1 aromatic rings. The average Bonchev–Trinajstić information content (AvgIpc) is 2.91. The zero-order valence-corrected chi connectivity index (χ0v) is 16.1. The summed E-state index contributed by atoms with van der Waals surface area (Å²) < 4.78 is 25.9. The lowest BCUT2D eigenvalue weighted by Gasteiger charge is -2.21. The Morgan fingerprint density at radius 1 is 1.24 bits per heavy atom. The maximum atomic E-state index is 12.4. The van der Waals surface area contributed by atoms with Gasteiger partial charge in [-0.2, -0.15) is 0 Å². The predicted octanol–water partition coefficient (Wildman–Crippen LogP) is 1.46. The molecule has 0 aromatic heterocycles. The number of hydrogen-bond acceptors (Lipinski definition) is 5. The third kappa shape index (κ3) is 4.50. The zero-order chi connectivity index (χ0) is 18.8. The van der Waals surface area contributed by atoms with E-state index in [4.69, 9.17) is 5.73 Å². The Hall–Kier alpha value is -1.64. The van der Waals surface area contributed by atoms with Crippen molar-refractivity contribution < 1.29 is 13.2 Å². The normalized spacial score (nSPS) is 20.7. The van der Waals surface area contributed by atoms with Crippen LogP contribution in [0, 0.1) is 5.92 Å². The fourth-order valence-electron chi connectivity index (χ4n) is 3.13. The Balaban J connectivity index is 2.26. The number of benzene rings is 1. The summed E-state index contributed by atoms with van der Waals surface area (Å²) >= 11 is 0. The molecule has 1 aromatic carbocycles. The highest BCUT2D eigenvalue weighted by Gasteiger charge is 2.27. The number of sulfonamides is 1. The van der Waals surface area contributed by atoms with Crippen LogP contribution in [0.15, 0.2) is 23.1 Å². The van der Waals surface area contributed by atoms with Crippen LogP contribution in [0.25, 0.3) is 0 Å². The Bertz CT molecular complexity index is 731. The number of anilines is 2. The predicted molar refractivity (Wildman–Crippen MR) is 100 cm³/mol. The molecule has 25 heavy (non-hydrogen) atoms. The summed E-state index contributed by atoms with van der Waals surface area (Å²) in [6, 6.07) is 4.83. The van der Waals surface area contributed by atoms with Crippen molar-refractivity contribution in [1.29, 1.82) is 0 Å². The van der Waals surface area contributed by atoms with E-state index < -0.39 is 10.0 Å². The van der Waals surface area contributed by atoms with Gasteiger partial charge in [0.1, 0.15) is 0 Å². The number of nitrogens with zero attached hydrogens (tertiary/aromatic N) is 2. The second-order valence-electron chi connectivity index (χ2n) is 6.97. The largest absolute Gasteiger partial charge is 0.376 e. The summed E-state index contributed by atoms with van der Waals surface area (Å²) in [5.74, 6) is 0.0568. The van der Waals surface area contributed by atoms with Crippen LogP contribution >= 0.6 is 0 Å². The third-order valence-corrected chi connectivity index (χ3v) is 6.48. The molecule has 0 saturated heterocycles. The Morgan fingerprint density at radius 3 is 2.44 bits per heavy atom. The highest BCUT2D eigenvalue weighted by atomic mass is 32.2. The van der Waals surface area contributed by atoms with Gasteiger partial charge in [0.15, 0.2) is 0 Å². The summed E-state index contributed by atoms with van der Waals surface area (Å²) in [4.78, 5) is 14.4. The van der Waals surface area contributed by atoms with Gasteiger partial charge in [0.25, 0.3) is 0 Å². The molecule has 2 atom stereocenters. The molecule has 1 fully saturated rings. The maximum absolute atomic E-state index is 12.4. The van der Waals surface area contributed by atoms with E-state index in [9.17, 15) is 13.2 Å². The second-order valence-corrected chi connectivity index (χ2v) is 9.12. The lowest BCUT2D eigenvalue weighted by Crippen LogP contribution is -2.28. The minimum atomic E-state index is -3.57. The Labute approximate surface area is 150 Å². The topological polar surface area (TPSA) is 95.7 Å². The molecule has 0 spiro atoms. The van der Waals surface area contributed by atoms with E-state index in [0.29, 0.717) is 12.1 Å². The molecule has 3 N–H and O–H groups in total. The second kappa shape index (κ2) is 7.72. The van der Waals surface area contributed by atoms with E-state index >= 15 is 0 Å². The Kier molecular flexibility index (Phi) is 6.08. The standard InChI is InChI=1S/C17H28N4O3S/c1-20(2)16-9-8-13(25(23,24)21(3)4)11-15(16)19-17(22)10-12-6-5-7-14(12)18/h8-9,11-12,14H,5-7,10,18H2,1-4H3,(H,19,22)/t12-,14+/m0/s1. The molecular weight excluding hydrogens is 340 g/mol. The van der Waals surface area contributed by atoms with Crippen LogP contribution in [0.1, 0.15) is 25.7 Å². The van der Waals surface area contributed by atoms with Crippen LogP contribution in [0.4, 0.5) is 11.4 Å². The first-order valence-corrected chi connectivity index (χ1v) is 9.86. The van der Waals surface area contributed by atoms with Crippen molar-refractivity contribution in [1.82, 2.24) is 4.31 Å². The van der Waals surface area contributed by atoms with Crippen LogP contribution in [-0.2, 0) is 14.8 Å². The first-order valence-electron chi connectivity index (χ1n) is 8.42. The van der Waals surface area contributed by atoms with Gasteiger partial charge in [0.2, 0.25) is 15.9 Å². The van der Waals surface area contributed by atoms with Crippen molar-refractivity contribution in [3.8, 4) is 0 Å². The number of nitrogens with two attached hydrogens (primary N) is 1. The summed E-state index contributed by atoms with van der Waals surface area (Å²) in [5, 5.41) is 2.87. The van der Waals surface area contributed by atoms with Gasteiger partial charge in [0, 0.05) is 40.7 Å². The van der Waals surface area contributed by atoms with E-state index in [1.165, 1.54) is 20.2 Å². The number of rotatable bonds is 6. The summed E-state index contributed by atoms with van der Waals surface area (Å²) in [6.07, 6.45) is 3.33. The van der Waals surface area contributed by atoms with Crippen LogP contribution < -0.4 is 16.0 Å². The van der Waals surface area contributed by atoms with Gasteiger partial charge in [-0.25, -0.2) is 12.7 Å². The number of hydrogen-bond donors (Lipinski definition) is 2. The number of carbonyl (C=O) groups is 1. The summed E-state index contributed by atoms with van der Waals surface area (Å²) in [7, 11) is 3.09. The first-order chi connectivity index (χ1) is 11.6. The molecule has 1 aliphatic carbocycles. The van der Waals surface area contributed by atoms with Crippen molar-refractivity contribution in [2.45, 2.75) is 36.6 Å². The lowest BCUT2D eigenvalue weighted by atomic mass is 10.00. The quantitative estimate of drug-likeness (QED) is 0.792. The molecule has 1 amide bonds. The van der Waals surface area contributed by atoms with Gasteiger partial charge in [-0.3, -0.25) is 4.79 Å². The van der Waals surface area contributed by atoms with E-state index in [2.05, 4.69) is 5.32 Å². The van der Waals surface area contributed by atoms with E-state index in [1.807, 2.05) is 19.0 Å². The average molecular weight is 369 g/mol. The summed E-state index contributed by atoms with van der Waals surface area (Å²) in [5.41, 5.74) is 7.28. The van der Waals surface area contributed by atoms with Crippen molar-refractivity contribution in [2.75, 3.05) is 38.4 Å². The minimum Gasteiger partial charge on any atom is -0.376 e. The molecule has 0 bridgehead atoms. The highest BCUT2D eigenvalue weighted by molar-refractivity contribution is 7.89. The van der Waals surface area contributed by atoms with Gasteiger partial charge in [-0.05, 0) is 37.0 Å². The van der Waals surface area contributed by atoms with Crippen molar-refractivity contribution in [3.05, 3.63) is 18.2 Å². The monoisotopic (exact) mass is 368 g/mol. The van der Waals surface area contributed by atoms with Crippen LogP contribution in [0.3, 0.4) is 0 Å². The molecule has 1 saturated carbocycles. The molecule has 140 valence electrons. The van der Waals surface area contributed by atoms with Gasteiger partial charge < -0.3 is 16.0 Å². The first kappa shape index (κ1) is 19.7. The van der Waals surface area contributed by atoms with Gasteiger partial charge >= 0.3 is 0 Å². The van der Waals surface area contributed by atoms with Crippen molar-refractivity contribution >= 4 is 27.3 Å². The number of carbonyl (C=O) groups excluding carboxylic acids is 1. The van der Waals surface area contributed by atoms with Crippen LogP contribution in [0.5, 0.6) is 0 Å². The maximum Gasteiger partial charge on any atom is 0.242 e.